The zero-order valence-electron chi connectivity index (χ0n) is 15.1. The number of pyridine rings is 1. The summed E-state index contributed by atoms with van der Waals surface area (Å²) in [6.45, 7) is 2.37. The Bertz CT molecular complexity index is 857. The van der Waals surface area contributed by atoms with Crippen molar-refractivity contribution >= 4 is 22.9 Å². The Morgan fingerprint density at radius 1 is 1.26 bits per heavy atom. The van der Waals surface area contributed by atoms with Gasteiger partial charge in [0.2, 0.25) is 11.9 Å². The number of para-hydroxylation sites is 2. The van der Waals surface area contributed by atoms with E-state index in [2.05, 4.69) is 25.2 Å². The summed E-state index contributed by atoms with van der Waals surface area (Å²) in [5, 5.41) is 2.86. The van der Waals surface area contributed by atoms with Gasteiger partial charge in [-0.15, -0.1) is 0 Å². The lowest BCUT2D eigenvalue weighted by atomic mass is 10.2. The van der Waals surface area contributed by atoms with Gasteiger partial charge >= 0.3 is 0 Å². The summed E-state index contributed by atoms with van der Waals surface area (Å²) in [6.07, 6.45) is 4.05. The normalized spacial score (nSPS) is 16.9. The highest BCUT2D eigenvalue weighted by Crippen LogP contribution is 2.16. The third-order valence-electron chi connectivity index (χ3n) is 4.61. The highest BCUT2D eigenvalue weighted by molar-refractivity contribution is 5.92. The fraction of sp³-hybridized carbons (Fsp3) is 0.350. The van der Waals surface area contributed by atoms with Crippen molar-refractivity contribution in [1.82, 2.24) is 19.9 Å². The number of carbonyl (C=O) groups excluding carboxylic acids is 1. The van der Waals surface area contributed by atoms with E-state index in [0.717, 1.165) is 36.2 Å². The van der Waals surface area contributed by atoms with Gasteiger partial charge in [0.1, 0.15) is 0 Å². The van der Waals surface area contributed by atoms with Crippen LogP contribution in [0.2, 0.25) is 0 Å². The summed E-state index contributed by atoms with van der Waals surface area (Å²) < 4.78 is 5.75. The molecule has 27 heavy (non-hydrogen) atoms. The first kappa shape index (κ1) is 17.6. The summed E-state index contributed by atoms with van der Waals surface area (Å²) in [7, 11) is 0. The number of hydrogen-bond acceptors (Lipinski definition) is 5. The van der Waals surface area contributed by atoms with Gasteiger partial charge in [-0.05, 0) is 37.1 Å². The van der Waals surface area contributed by atoms with Crippen molar-refractivity contribution in [3.63, 3.8) is 0 Å². The zero-order valence-corrected chi connectivity index (χ0v) is 15.1. The summed E-state index contributed by atoms with van der Waals surface area (Å²) in [6, 6.07) is 13.5. The number of H-pyrrole nitrogens is 1. The molecule has 3 heterocycles. The van der Waals surface area contributed by atoms with Crippen LogP contribution in [0.25, 0.3) is 11.0 Å². The van der Waals surface area contributed by atoms with Gasteiger partial charge in [0.05, 0.1) is 29.4 Å². The molecule has 0 spiro atoms. The largest absolute Gasteiger partial charge is 0.377 e. The first-order chi connectivity index (χ1) is 13.3. The number of aromatic amines is 1. The van der Waals surface area contributed by atoms with Crippen molar-refractivity contribution in [1.29, 1.82) is 0 Å². The third-order valence-corrected chi connectivity index (χ3v) is 4.61. The number of fused-ring (bicyclic) bond motifs is 1. The average molecular weight is 365 g/mol. The van der Waals surface area contributed by atoms with Crippen molar-refractivity contribution in [3.8, 4) is 0 Å². The van der Waals surface area contributed by atoms with Crippen LogP contribution in [0.1, 0.15) is 18.5 Å². The van der Waals surface area contributed by atoms with E-state index in [1.807, 2.05) is 42.5 Å². The third kappa shape index (κ3) is 4.69. The van der Waals surface area contributed by atoms with Gasteiger partial charge in [0.25, 0.3) is 0 Å². The van der Waals surface area contributed by atoms with Crippen molar-refractivity contribution in [2.45, 2.75) is 25.5 Å². The van der Waals surface area contributed by atoms with Crippen molar-refractivity contribution < 1.29 is 9.53 Å². The van der Waals surface area contributed by atoms with Gasteiger partial charge in [0.15, 0.2) is 0 Å². The van der Waals surface area contributed by atoms with Crippen molar-refractivity contribution in [2.75, 3.05) is 25.0 Å². The molecular formula is C20H23N5O2. The topological polar surface area (TPSA) is 83.1 Å². The lowest BCUT2D eigenvalue weighted by Gasteiger charge is -2.24. The maximum Gasteiger partial charge on any atom is 0.240 e. The molecular weight excluding hydrogens is 342 g/mol. The Hall–Kier alpha value is -2.77. The molecule has 4 rings (SSSR count). The van der Waals surface area contributed by atoms with Crippen LogP contribution in [0.4, 0.5) is 5.95 Å². The molecule has 1 saturated heterocycles. The van der Waals surface area contributed by atoms with Gasteiger partial charge in [-0.1, -0.05) is 18.2 Å². The van der Waals surface area contributed by atoms with Gasteiger partial charge in [0, 0.05) is 25.9 Å². The quantitative estimate of drug-likeness (QED) is 0.672. The Morgan fingerprint density at radius 2 is 2.15 bits per heavy atom. The predicted octanol–water partition coefficient (Wildman–Crippen LogP) is 2.58. The lowest BCUT2D eigenvalue weighted by molar-refractivity contribution is -0.117. The van der Waals surface area contributed by atoms with Crippen molar-refractivity contribution in [3.05, 3.63) is 54.4 Å². The minimum Gasteiger partial charge on any atom is -0.377 e. The van der Waals surface area contributed by atoms with Crippen LogP contribution in [0, 0.1) is 0 Å². The van der Waals surface area contributed by atoms with Gasteiger partial charge in [-0.2, -0.15) is 0 Å². The number of benzene rings is 1. The standard InChI is InChI=1S/C20H23N5O2/c26-19(24-20-22-17-8-1-2-9-18(17)23-20)14-25(13-16-7-5-11-27-16)12-15-6-3-4-10-21-15/h1-4,6,8-10,16H,5,7,11-14H2,(H2,22,23,24,26)/t16-/m0/s1. The van der Waals surface area contributed by atoms with Gasteiger partial charge < -0.3 is 9.72 Å². The molecule has 7 nitrogen and oxygen atoms in total. The molecule has 0 saturated carbocycles. The molecule has 2 aromatic heterocycles. The maximum absolute atomic E-state index is 12.6. The van der Waals surface area contributed by atoms with Crippen LogP contribution in [0.3, 0.4) is 0 Å². The molecule has 1 fully saturated rings. The fourth-order valence-electron chi connectivity index (χ4n) is 3.37. The van der Waals surface area contributed by atoms with Crippen LogP contribution < -0.4 is 5.32 Å². The van der Waals surface area contributed by atoms with Crippen molar-refractivity contribution in [2.24, 2.45) is 0 Å². The molecule has 0 radical (unpaired) electrons. The number of imidazole rings is 1. The molecule has 2 N–H and O–H groups in total. The van der Waals surface area contributed by atoms with E-state index >= 15 is 0 Å². The molecule has 1 amide bonds. The SMILES string of the molecule is O=C(CN(Cc1ccccn1)C[C@@H]1CCCO1)Nc1nc2ccccc2[nH]1. The van der Waals surface area contributed by atoms with Crippen LogP contribution in [-0.4, -0.2) is 51.6 Å². The average Bonchev–Trinajstić information content (AvgIpc) is 3.31. The first-order valence-electron chi connectivity index (χ1n) is 9.25. The van der Waals surface area contributed by atoms with E-state index in [1.54, 1.807) is 6.20 Å². The Labute approximate surface area is 157 Å². The summed E-state index contributed by atoms with van der Waals surface area (Å²) in [5.41, 5.74) is 2.67. The second-order valence-electron chi connectivity index (χ2n) is 6.78. The number of aromatic nitrogens is 3. The second-order valence-corrected chi connectivity index (χ2v) is 6.78. The fourth-order valence-corrected chi connectivity index (χ4v) is 3.37. The Kier molecular flexibility index (Phi) is 5.41. The molecule has 1 aliphatic heterocycles. The molecule has 0 aliphatic carbocycles. The van der Waals surface area contributed by atoms with Gasteiger partial charge in [-0.3, -0.25) is 20.0 Å². The Morgan fingerprint density at radius 3 is 2.93 bits per heavy atom. The van der Waals surface area contributed by atoms with Crippen LogP contribution in [-0.2, 0) is 16.1 Å². The molecule has 7 heteroatoms. The number of rotatable bonds is 7. The number of hydrogen-bond donors (Lipinski definition) is 2. The summed E-state index contributed by atoms with van der Waals surface area (Å²) in [4.78, 5) is 26.6. The van der Waals surface area contributed by atoms with Crippen LogP contribution in [0.5, 0.6) is 0 Å². The minimum absolute atomic E-state index is 0.108. The number of amides is 1. The number of nitrogens with one attached hydrogen (secondary N) is 2. The lowest BCUT2D eigenvalue weighted by Crippen LogP contribution is -2.38. The highest BCUT2D eigenvalue weighted by Gasteiger charge is 2.21. The summed E-state index contributed by atoms with van der Waals surface area (Å²) in [5.74, 6) is 0.360. The van der Waals surface area contributed by atoms with E-state index in [1.165, 1.54) is 0 Å². The molecule has 1 atom stereocenters. The minimum atomic E-state index is -0.108. The monoisotopic (exact) mass is 365 g/mol. The molecule has 3 aromatic rings. The molecule has 1 aromatic carbocycles. The van der Waals surface area contributed by atoms with Crippen LogP contribution >= 0.6 is 0 Å². The number of anilines is 1. The smallest absolute Gasteiger partial charge is 0.240 e. The van der Waals surface area contributed by atoms with E-state index in [9.17, 15) is 4.79 Å². The van der Waals surface area contributed by atoms with E-state index in [4.69, 9.17) is 4.74 Å². The second kappa shape index (κ2) is 8.28. The van der Waals surface area contributed by atoms with Gasteiger partial charge in [-0.25, -0.2) is 4.98 Å². The number of nitrogens with zero attached hydrogens (tertiary/aromatic N) is 3. The Balaban J connectivity index is 1.41. The number of ether oxygens (including phenoxy) is 1. The number of carbonyl (C=O) groups is 1. The summed E-state index contributed by atoms with van der Waals surface area (Å²) >= 11 is 0. The van der Waals surface area contributed by atoms with Crippen LogP contribution in [0.15, 0.2) is 48.7 Å². The van der Waals surface area contributed by atoms with E-state index < -0.39 is 0 Å². The molecule has 0 unspecified atom stereocenters. The van der Waals surface area contributed by atoms with E-state index in [0.29, 0.717) is 19.0 Å². The zero-order chi connectivity index (χ0) is 18.5. The molecule has 1 aliphatic rings. The van der Waals surface area contributed by atoms with E-state index in [-0.39, 0.29) is 18.6 Å². The predicted molar refractivity (Wildman–Crippen MR) is 103 cm³/mol. The molecule has 140 valence electrons. The maximum atomic E-state index is 12.6. The first-order valence-corrected chi connectivity index (χ1v) is 9.25. The molecule has 0 bridgehead atoms. The highest BCUT2D eigenvalue weighted by atomic mass is 16.5.